The van der Waals surface area contributed by atoms with Crippen molar-refractivity contribution in [3.05, 3.63) is 0 Å². The maximum atomic E-state index is 10.3. The maximum Gasteiger partial charge on any atom is 0.219 e. The second-order valence-electron chi connectivity index (χ2n) is 3.41. The zero-order valence-electron chi connectivity index (χ0n) is 7.42. The van der Waals surface area contributed by atoms with Crippen molar-refractivity contribution >= 4 is 5.91 Å². The minimum atomic E-state index is -0.279. The Kier molecular flexibility index (Phi) is 4.08. The van der Waals surface area contributed by atoms with E-state index in [1.165, 1.54) is 19.3 Å². The molecule has 0 aliphatic heterocycles. The summed E-state index contributed by atoms with van der Waals surface area (Å²) in [6, 6.07) is 0. The normalized spacial score (nSPS) is 17.3. The smallest absolute Gasteiger partial charge is 0.219 e. The Morgan fingerprint density at radius 3 is 2.67 bits per heavy atom. The van der Waals surface area contributed by atoms with Gasteiger partial charge in [-0.3, -0.25) is 4.79 Å². The van der Waals surface area contributed by atoms with Crippen LogP contribution in [0.1, 0.15) is 32.1 Å². The Balaban J connectivity index is 1.79. The molecule has 0 unspecified atom stereocenters. The highest BCUT2D eigenvalue weighted by atomic mass is 16.5. The molecule has 1 fully saturated rings. The number of amides is 1. The molecule has 0 spiro atoms. The van der Waals surface area contributed by atoms with Crippen molar-refractivity contribution in [1.29, 1.82) is 0 Å². The van der Waals surface area contributed by atoms with Crippen LogP contribution in [0.5, 0.6) is 0 Å². The van der Waals surface area contributed by atoms with Crippen molar-refractivity contribution in [1.82, 2.24) is 0 Å². The molecule has 1 aliphatic carbocycles. The maximum absolute atomic E-state index is 10.3. The minimum Gasteiger partial charge on any atom is -0.381 e. The lowest BCUT2D eigenvalue weighted by Crippen LogP contribution is -2.16. The molecule has 2 N–H and O–H groups in total. The van der Waals surface area contributed by atoms with Gasteiger partial charge < -0.3 is 10.5 Å². The Morgan fingerprint density at radius 2 is 2.17 bits per heavy atom. The molecule has 0 aromatic carbocycles. The molecular weight excluding hydrogens is 154 g/mol. The molecule has 3 nitrogen and oxygen atoms in total. The number of rotatable bonds is 6. The molecule has 0 radical (unpaired) electrons. The van der Waals surface area contributed by atoms with E-state index in [0.29, 0.717) is 13.0 Å². The van der Waals surface area contributed by atoms with Crippen LogP contribution in [0.4, 0.5) is 0 Å². The van der Waals surface area contributed by atoms with Crippen LogP contribution in [0, 0.1) is 5.92 Å². The summed E-state index contributed by atoms with van der Waals surface area (Å²) in [5, 5.41) is 0. The van der Waals surface area contributed by atoms with Crippen LogP contribution in [0.2, 0.25) is 0 Å². The van der Waals surface area contributed by atoms with Crippen LogP contribution >= 0.6 is 0 Å². The Labute approximate surface area is 73.3 Å². The number of nitrogens with two attached hydrogens (primary N) is 1. The quantitative estimate of drug-likeness (QED) is 0.608. The van der Waals surface area contributed by atoms with E-state index >= 15 is 0 Å². The third kappa shape index (κ3) is 3.72. The standard InChI is InChI=1S/C9H17NO2/c10-9(11)5-7-12-6-4-8-2-1-3-8/h8H,1-7H2,(H2,10,11). The van der Waals surface area contributed by atoms with Crippen molar-refractivity contribution in [2.75, 3.05) is 13.2 Å². The first-order chi connectivity index (χ1) is 5.79. The average molecular weight is 171 g/mol. The van der Waals surface area contributed by atoms with Crippen molar-refractivity contribution in [3.63, 3.8) is 0 Å². The first-order valence-electron chi connectivity index (χ1n) is 4.65. The van der Waals surface area contributed by atoms with E-state index in [2.05, 4.69) is 0 Å². The highest BCUT2D eigenvalue weighted by Crippen LogP contribution is 2.28. The SMILES string of the molecule is NC(=O)CCOCCC1CCC1. The molecule has 12 heavy (non-hydrogen) atoms. The fourth-order valence-corrected chi connectivity index (χ4v) is 1.31. The van der Waals surface area contributed by atoms with Crippen LogP contribution < -0.4 is 5.73 Å². The third-order valence-electron chi connectivity index (χ3n) is 2.39. The molecule has 1 amide bonds. The Hall–Kier alpha value is -0.570. The first kappa shape index (κ1) is 9.52. The molecule has 3 heteroatoms. The molecule has 1 rings (SSSR count). The highest BCUT2D eigenvalue weighted by Gasteiger charge is 2.16. The van der Waals surface area contributed by atoms with Crippen molar-refractivity contribution in [2.24, 2.45) is 11.7 Å². The van der Waals surface area contributed by atoms with Crippen LogP contribution in [0.25, 0.3) is 0 Å². The molecule has 0 aromatic rings. The number of carbonyl (C=O) groups excluding carboxylic acids is 1. The van der Waals surface area contributed by atoms with E-state index in [9.17, 15) is 4.79 Å². The number of hydrogen-bond donors (Lipinski definition) is 1. The van der Waals surface area contributed by atoms with Crippen molar-refractivity contribution < 1.29 is 9.53 Å². The lowest BCUT2D eigenvalue weighted by Gasteiger charge is -2.24. The summed E-state index contributed by atoms with van der Waals surface area (Å²) in [5.41, 5.74) is 4.95. The molecule has 1 saturated carbocycles. The van der Waals surface area contributed by atoms with Gasteiger partial charge in [0.1, 0.15) is 0 Å². The van der Waals surface area contributed by atoms with E-state index in [1.54, 1.807) is 0 Å². The van der Waals surface area contributed by atoms with Gasteiger partial charge in [-0.25, -0.2) is 0 Å². The molecular formula is C9H17NO2. The third-order valence-corrected chi connectivity index (χ3v) is 2.39. The predicted molar refractivity (Wildman–Crippen MR) is 46.6 cm³/mol. The Morgan fingerprint density at radius 1 is 1.42 bits per heavy atom. The molecule has 0 saturated heterocycles. The summed E-state index contributed by atoms with van der Waals surface area (Å²) in [4.78, 5) is 10.3. The largest absolute Gasteiger partial charge is 0.381 e. The van der Waals surface area contributed by atoms with Gasteiger partial charge in [-0.15, -0.1) is 0 Å². The van der Waals surface area contributed by atoms with Gasteiger partial charge in [0.05, 0.1) is 6.61 Å². The van der Waals surface area contributed by atoms with Gasteiger partial charge >= 0.3 is 0 Å². The summed E-state index contributed by atoms with van der Waals surface area (Å²) in [6.07, 6.45) is 5.60. The zero-order chi connectivity index (χ0) is 8.81. The first-order valence-corrected chi connectivity index (χ1v) is 4.65. The van der Waals surface area contributed by atoms with E-state index in [4.69, 9.17) is 10.5 Å². The number of ether oxygens (including phenoxy) is 1. The highest BCUT2D eigenvalue weighted by molar-refractivity contribution is 5.73. The molecule has 0 heterocycles. The van der Waals surface area contributed by atoms with Gasteiger partial charge in [-0.1, -0.05) is 19.3 Å². The second-order valence-corrected chi connectivity index (χ2v) is 3.41. The molecule has 0 bridgehead atoms. The average Bonchev–Trinajstić information content (AvgIpc) is 1.92. The van der Waals surface area contributed by atoms with Crippen molar-refractivity contribution in [2.45, 2.75) is 32.1 Å². The number of carbonyl (C=O) groups is 1. The van der Waals surface area contributed by atoms with Gasteiger partial charge in [-0.2, -0.15) is 0 Å². The fourth-order valence-electron chi connectivity index (χ4n) is 1.31. The Bertz CT molecular complexity index is 143. The monoisotopic (exact) mass is 171 g/mol. The van der Waals surface area contributed by atoms with E-state index in [0.717, 1.165) is 18.9 Å². The number of primary amides is 1. The lowest BCUT2D eigenvalue weighted by molar-refractivity contribution is -0.119. The molecule has 0 atom stereocenters. The molecule has 0 aromatic heterocycles. The van der Waals surface area contributed by atoms with Crippen molar-refractivity contribution in [3.8, 4) is 0 Å². The zero-order valence-corrected chi connectivity index (χ0v) is 7.42. The number of hydrogen-bond acceptors (Lipinski definition) is 2. The van der Waals surface area contributed by atoms with E-state index in [1.807, 2.05) is 0 Å². The van der Waals surface area contributed by atoms with Gasteiger partial charge in [0.2, 0.25) is 5.91 Å². The predicted octanol–water partition coefficient (Wildman–Crippen LogP) is 1.07. The second kappa shape index (κ2) is 5.14. The van der Waals surface area contributed by atoms with Gasteiger partial charge in [0, 0.05) is 13.0 Å². The van der Waals surface area contributed by atoms with Gasteiger partial charge in [-0.05, 0) is 12.3 Å². The fraction of sp³-hybridized carbons (Fsp3) is 0.889. The summed E-state index contributed by atoms with van der Waals surface area (Å²) >= 11 is 0. The molecule has 70 valence electrons. The molecule has 1 aliphatic rings. The van der Waals surface area contributed by atoms with E-state index in [-0.39, 0.29) is 5.91 Å². The van der Waals surface area contributed by atoms with Gasteiger partial charge in [0.15, 0.2) is 0 Å². The van der Waals surface area contributed by atoms with Crippen LogP contribution in [-0.2, 0) is 9.53 Å². The van der Waals surface area contributed by atoms with Crippen LogP contribution in [-0.4, -0.2) is 19.1 Å². The summed E-state index contributed by atoms with van der Waals surface area (Å²) in [5.74, 6) is 0.609. The summed E-state index contributed by atoms with van der Waals surface area (Å²) in [6.45, 7) is 1.28. The summed E-state index contributed by atoms with van der Waals surface area (Å²) in [7, 11) is 0. The topological polar surface area (TPSA) is 52.3 Å². The van der Waals surface area contributed by atoms with Gasteiger partial charge in [0.25, 0.3) is 0 Å². The van der Waals surface area contributed by atoms with E-state index < -0.39 is 0 Å². The summed E-state index contributed by atoms with van der Waals surface area (Å²) < 4.78 is 5.25. The lowest BCUT2D eigenvalue weighted by atomic mass is 9.83. The minimum absolute atomic E-state index is 0.279. The van der Waals surface area contributed by atoms with Crippen LogP contribution in [0.15, 0.2) is 0 Å². The van der Waals surface area contributed by atoms with Crippen LogP contribution in [0.3, 0.4) is 0 Å².